The van der Waals surface area contributed by atoms with Gasteiger partial charge in [0.15, 0.2) is 5.69 Å². The van der Waals surface area contributed by atoms with Crippen molar-refractivity contribution >= 4 is 17.3 Å². The summed E-state index contributed by atoms with van der Waals surface area (Å²) < 4.78 is 4.97. The summed E-state index contributed by atoms with van der Waals surface area (Å²) in [6.45, 7) is 5.35. The van der Waals surface area contributed by atoms with Gasteiger partial charge in [-0.1, -0.05) is 0 Å². The number of hydrogen-bond donors (Lipinski definition) is 1. The maximum absolute atomic E-state index is 11.9. The molecule has 1 saturated heterocycles. The molecule has 0 amide bonds. The number of ether oxygens (including phenoxy) is 1. The van der Waals surface area contributed by atoms with Crippen LogP contribution in [0.2, 0.25) is 0 Å². The Kier molecular flexibility index (Phi) is 4.69. The molecule has 1 N–H and O–H groups in total. The fourth-order valence-corrected chi connectivity index (χ4v) is 3.04. The van der Waals surface area contributed by atoms with Crippen LogP contribution in [0.3, 0.4) is 0 Å². The molecular formula is C17H20N4O4. The Labute approximate surface area is 145 Å². The molecule has 8 heteroatoms. The molecule has 0 unspecified atom stereocenters. The van der Waals surface area contributed by atoms with E-state index in [2.05, 4.69) is 9.97 Å². The van der Waals surface area contributed by atoms with Gasteiger partial charge in [-0.3, -0.25) is 10.1 Å². The number of nitro benzene ring substituents is 1. The van der Waals surface area contributed by atoms with E-state index in [0.717, 1.165) is 25.9 Å². The van der Waals surface area contributed by atoms with Crippen LogP contribution in [0.15, 0.2) is 18.2 Å². The van der Waals surface area contributed by atoms with Crippen LogP contribution in [0, 0.1) is 17.0 Å². The number of aryl methyl sites for hydroxylation is 1. The van der Waals surface area contributed by atoms with Crippen LogP contribution >= 0.6 is 0 Å². The first-order valence-corrected chi connectivity index (χ1v) is 8.28. The third-order valence-electron chi connectivity index (χ3n) is 4.25. The summed E-state index contributed by atoms with van der Waals surface area (Å²) in [6.07, 6.45) is 2.08. The van der Waals surface area contributed by atoms with Crippen molar-refractivity contribution < 1.29 is 14.5 Å². The van der Waals surface area contributed by atoms with Crippen LogP contribution in [-0.2, 0) is 4.74 Å². The number of imidazole rings is 1. The van der Waals surface area contributed by atoms with Gasteiger partial charge >= 0.3 is 5.97 Å². The minimum atomic E-state index is -0.509. The maximum atomic E-state index is 11.9. The predicted octanol–water partition coefficient (Wildman–Crippen LogP) is 3.07. The molecule has 2 aromatic rings. The molecule has 25 heavy (non-hydrogen) atoms. The first-order chi connectivity index (χ1) is 12.0. The second-order valence-corrected chi connectivity index (χ2v) is 5.93. The van der Waals surface area contributed by atoms with E-state index in [9.17, 15) is 14.9 Å². The lowest BCUT2D eigenvalue weighted by Gasteiger charge is -2.17. The summed E-state index contributed by atoms with van der Waals surface area (Å²) in [6, 6.07) is 5.04. The van der Waals surface area contributed by atoms with E-state index < -0.39 is 5.97 Å². The molecule has 0 aliphatic carbocycles. The van der Waals surface area contributed by atoms with Gasteiger partial charge in [0.05, 0.1) is 11.5 Å². The van der Waals surface area contributed by atoms with Crippen LogP contribution in [0.1, 0.15) is 35.9 Å². The van der Waals surface area contributed by atoms with Crippen molar-refractivity contribution in [3.8, 4) is 11.4 Å². The molecule has 0 atom stereocenters. The number of aromatic amines is 1. The average Bonchev–Trinajstić information content (AvgIpc) is 3.24. The van der Waals surface area contributed by atoms with Crippen molar-refractivity contribution in [1.82, 2.24) is 9.97 Å². The first kappa shape index (κ1) is 16.9. The van der Waals surface area contributed by atoms with Crippen molar-refractivity contribution in [1.29, 1.82) is 0 Å². The van der Waals surface area contributed by atoms with Gasteiger partial charge in [0.25, 0.3) is 5.69 Å². The number of aromatic nitrogens is 2. The summed E-state index contributed by atoms with van der Waals surface area (Å²) in [5.74, 6) is -0.0951. The molecule has 132 valence electrons. The predicted molar refractivity (Wildman–Crippen MR) is 92.8 cm³/mol. The van der Waals surface area contributed by atoms with Gasteiger partial charge in [0.1, 0.15) is 11.5 Å². The monoisotopic (exact) mass is 344 g/mol. The number of carbonyl (C=O) groups excluding carboxylic acids is 1. The largest absolute Gasteiger partial charge is 0.461 e. The SMILES string of the molecule is CCOC(=O)c1nc(-c2ccc(N3CCCC3)c([N+](=O)[O-])c2)[nH]c1C. The zero-order chi connectivity index (χ0) is 18.0. The molecule has 1 aliphatic heterocycles. The van der Waals surface area contributed by atoms with E-state index in [1.807, 2.05) is 4.90 Å². The second-order valence-electron chi connectivity index (χ2n) is 5.93. The lowest BCUT2D eigenvalue weighted by Crippen LogP contribution is -2.18. The van der Waals surface area contributed by atoms with Crippen LogP contribution in [0.5, 0.6) is 0 Å². The Morgan fingerprint density at radius 1 is 1.40 bits per heavy atom. The molecule has 1 aliphatic rings. The number of rotatable bonds is 5. The van der Waals surface area contributed by atoms with E-state index in [4.69, 9.17) is 4.74 Å². The summed E-state index contributed by atoms with van der Waals surface area (Å²) in [4.78, 5) is 32.3. The third-order valence-corrected chi connectivity index (χ3v) is 4.25. The number of anilines is 1. The number of H-pyrrole nitrogens is 1. The van der Waals surface area contributed by atoms with Gasteiger partial charge in [-0.25, -0.2) is 9.78 Å². The molecule has 8 nitrogen and oxygen atoms in total. The molecule has 3 rings (SSSR count). The van der Waals surface area contributed by atoms with Gasteiger partial charge < -0.3 is 14.6 Å². The Morgan fingerprint density at radius 3 is 2.76 bits per heavy atom. The van der Waals surface area contributed by atoms with Crippen LogP contribution < -0.4 is 4.90 Å². The van der Waals surface area contributed by atoms with E-state index in [1.165, 1.54) is 6.07 Å². The zero-order valence-corrected chi connectivity index (χ0v) is 14.2. The van der Waals surface area contributed by atoms with E-state index >= 15 is 0 Å². The second kappa shape index (κ2) is 6.92. The number of hydrogen-bond acceptors (Lipinski definition) is 6. The van der Waals surface area contributed by atoms with Crippen molar-refractivity contribution in [3.63, 3.8) is 0 Å². The minimum absolute atomic E-state index is 0.0473. The fourth-order valence-electron chi connectivity index (χ4n) is 3.04. The van der Waals surface area contributed by atoms with Gasteiger partial charge in [0.2, 0.25) is 0 Å². The summed E-state index contributed by atoms with van der Waals surface area (Å²) in [5.41, 5.74) is 2.00. The number of benzene rings is 1. The Hall–Kier alpha value is -2.90. The molecule has 0 radical (unpaired) electrons. The van der Waals surface area contributed by atoms with Gasteiger partial charge in [-0.05, 0) is 38.8 Å². The Morgan fingerprint density at radius 2 is 2.12 bits per heavy atom. The number of nitrogens with zero attached hydrogens (tertiary/aromatic N) is 3. The lowest BCUT2D eigenvalue weighted by atomic mass is 10.1. The molecule has 0 spiro atoms. The highest BCUT2D eigenvalue weighted by Gasteiger charge is 2.24. The number of nitro groups is 1. The molecule has 1 fully saturated rings. The standard InChI is InChI=1S/C17H20N4O4/c1-3-25-17(22)15-11(2)18-16(19-15)12-6-7-13(14(10-12)21(23)24)20-8-4-5-9-20/h6-7,10H,3-5,8-9H2,1-2H3,(H,18,19). The third kappa shape index (κ3) is 3.33. The molecule has 2 heterocycles. The van der Waals surface area contributed by atoms with Gasteiger partial charge in [0, 0.05) is 30.4 Å². The van der Waals surface area contributed by atoms with Gasteiger partial charge in [-0.15, -0.1) is 0 Å². The molecule has 1 aromatic heterocycles. The van der Waals surface area contributed by atoms with Crippen LogP contribution in [0.4, 0.5) is 11.4 Å². The number of nitrogens with one attached hydrogen (secondary N) is 1. The van der Waals surface area contributed by atoms with Crippen molar-refractivity contribution in [3.05, 3.63) is 39.7 Å². The fraction of sp³-hybridized carbons (Fsp3) is 0.412. The van der Waals surface area contributed by atoms with Crippen LogP contribution in [0.25, 0.3) is 11.4 Å². The Balaban J connectivity index is 1.98. The molecular weight excluding hydrogens is 324 g/mol. The number of carbonyl (C=O) groups is 1. The zero-order valence-electron chi connectivity index (χ0n) is 14.2. The minimum Gasteiger partial charge on any atom is -0.461 e. The highest BCUT2D eigenvalue weighted by molar-refractivity contribution is 5.89. The molecule has 0 saturated carbocycles. The van der Waals surface area contributed by atoms with Crippen molar-refractivity contribution in [2.75, 3.05) is 24.6 Å². The van der Waals surface area contributed by atoms with E-state index in [-0.39, 0.29) is 22.9 Å². The smallest absolute Gasteiger partial charge is 0.358 e. The van der Waals surface area contributed by atoms with E-state index in [0.29, 0.717) is 22.8 Å². The van der Waals surface area contributed by atoms with Crippen molar-refractivity contribution in [2.24, 2.45) is 0 Å². The molecule has 0 bridgehead atoms. The average molecular weight is 344 g/mol. The maximum Gasteiger partial charge on any atom is 0.358 e. The number of esters is 1. The summed E-state index contributed by atoms with van der Waals surface area (Å²) in [5, 5.41) is 11.5. The quantitative estimate of drug-likeness (QED) is 0.508. The van der Waals surface area contributed by atoms with E-state index in [1.54, 1.807) is 26.0 Å². The highest BCUT2D eigenvalue weighted by Crippen LogP contribution is 2.34. The van der Waals surface area contributed by atoms with Crippen LogP contribution in [-0.4, -0.2) is 40.6 Å². The topological polar surface area (TPSA) is 101 Å². The van der Waals surface area contributed by atoms with Gasteiger partial charge in [-0.2, -0.15) is 0 Å². The molecule has 1 aromatic carbocycles. The highest BCUT2D eigenvalue weighted by atomic mass is 16.6. The summed E-state index contributed by atoms with van der Waals surface area (Å²) in [7, 11) is 0. The normalized spacial score (nSPS) is 13.9. The first-order valence-electron chi connectivity index (χ1n) is 8.28. The summed E-state index contributed by atoms with van der Waals surface area (Å²) >= 11 is 0. The Bertz CT molecular complexity index is 809. The van der Waals surface area contributed by atoms with Crippen molar-refractivity contribution in [2.45, 2.75) is 26.7 Å². The lowest BCUT2D eigenvalue weighted by molar-refractivity contribution is -0.384.